The molecule has 0 aliphatic carbocycles. The fourth-order valence-electron chi connectivity index (χ4n) is 1.72. The van der Waals surface area contributed by atoms with E-state index >= 15 is 0 Å². The summed E-state index contributed by atoms with van der Waals surface area (Å²) in [5, 5.41) is 3.15. The van der Waals surface area contributed by atoms with Crippen LogP contribution in [0.3, 0.4) is 0 Å². The van der Waals surface area contributed by atoms with Gasteiger partial charge in [-0.2, -0.15) is 0 Å². The second-order valence-electron chi connectivity index (χ2n) is 4.12. The molecule has 2 aromatic rings. The number of nitrogens with zero attached hydrogens (tertiary/aromatic N) is 1. The molecule has 1 atom stereocenters. The fourth-order valence-corrected chi connectivity index (χ4v) is 1.72. The highest BCUT2D eigenvalue weighted by Gasteiger charge is 2.09. The maximum atomic E-state index is 13.3. The van der Waals surface area contributed by atoms with E-state index in [2.05, 4.69) is 10.3 Å². The number of anilines is 1. The van der Waals surface area contributed by atoms with E-state index in [-0.39, 0.29) is 17.6 Å². The van der Waals surface area contributed by atoms with Crippen molar-refractivity contribution in [1.82, 2.24) is 4.98 Å². The third-order valence-electron chi connectivity index (χ3n) is 2.73. The first-order chi connectivity index (χ1) is 9.10. The molecule has 0 spiro atoms. The molecule has 0 aliphatic rings. The minimum atomic E-state index is -0.416. The molecule has 1 aromatic heterocycles. The van der Waals surface area contributed by atoms with E-state index in [1.54, 1.807) is 18.2 Å². The Morgan fingerprint density at radius 1 is 1.21 bits per heavy atom. The third-order valence-corrected chi connectivity index (χ3v) is 2.73. The molecule has 0 bridgehead atoms. The average molecular weight is 264 g/mol. The van der Waals surface area contributed by atoms with Gasteiger partial charge in [0.15, 0.2) is 11.6 Å². The first kappa shape index (κ1) is 13.3. The molecule has 1 N–H and O–H groups in total. The Labute approximate surface area is 110 Å². The van der Waals surface area contributed by atoms with Crippen LogP contribution in [0.2, 0.25) is 0 Å². The molecule has 0 radical (unpaired) electrons. The Balaban J connectivity index is 2.14. The summed E-state index contributed by atoms with van der Waals surface area (Å²) in [4.78, 5) is 3.99. The van der Waals surface area contributed by atoms with Crippen LogP contribution in [0.5, 0.6) is 5.75 Å². The molecule has 0 saturated heterocycles. The molecule has 0 amide bonds. The number of pyridine rings is 1. The summed E-state index contributed by atoms with van der Waals surface area (Å²) >= 11 is 0. The SMILES string of the molecule is COc1cc(NC(C)c2ccc(F)cn2)ccc1F. The monoisotopic (exact) mass is 264 g/mol. The van der Waals surface area contributed by atoms with Crippen molar-refractivity contribution < 1.29 is 13.5 Å². The van der Waals surface area contributed by atoms with Crippen molar-refractivity contribution in [1.29, 1.82) is 0 Å². The number of hydrogen-bond donors (Lipinski definition) is 1. The van der Waals surface area contributed by atoms with Crippen LogP contribution in [-0.4, -0.2) is 12.1 Å². The summed E-state index contributed by atoms with van der Waals surface area (Å²) in [7, 11) is 1.41. The first-order valence-corrected chi connectivity index (χ1v) is 5.81. The van der Waals surface area contributed by atoms with Crippen LogP contribution in [0.25, 0.3) is 0 Å². The van der Waals surface area contributed by atoms with Crippen molar-refractivity contribution in [3.8, 4) is 5.75 Å². The molecule has 19 heavy (non-hydrogen) atoms. The Morgan fingerprint density at radius 2 is 2.00 bits per heavy atom. The molecule has 3 nitrogen and oxygen atoms in total. The van der Waals surface area contributed by atoms with E-state index in [1.807, 2.05) is 6.92 Å². The van der Waals surface area contributed by atoms with Crippen molar-refractivity contribution in [3.63, 3.8) is 0 Å². The average Bonchev–Trinajstić information content (AvgIpc) is 2.41. The number of rotatable bonds is 4. The smallest absolute Gasteiger partial charge is 0.165 e. The number of hydrogen-bond acceptors (Lipinski definition) is 3. The molecule has 0 fully saturated rings. The number of methoxy groups -OCH3 is 1. The van der Waals surface area contributed by atoms with Gasteiger partial charge in [-0.15, -0.1) is 0 Å². The maximum absolute atomic E-state index is 13.3. The minimum absolute atomic E-state index is 0.129. The lowest BCUT2D eigenvalue weighted by molar-refractivity contribution is 0.387. The third kappa shape index (κ3) is 3.19. The molecule has 1 heterocycles. The van der Waals surface area contributed by atoms with Crippen molar-refractivity contribution in [2.45, 2.75) is 13.0 Å². The van der Waals surface area contributed by atoms with E-state index in [4.69, 9.17) is 4.74 Å². The summed E-state index contributed by atoms with van der Waals surface area (Å²) in [5.41, 5.74) is 1.40. The Morgan fingerprint density at radius 3 is 2.63 bits per heavy atom. The second kappa shape index (κ2) is 5.65. The van der Waals surface area contributed by atoms with Gasteiger partial charge < -0.3 is 10.1 Å². The molecule has 0 aliphatic heterocycles. The number of aromatic nitrogens is 1. The largest absolute Gasteiger partial charge is 0.494 e. The summed E-state index contributed by atoms with van der Waals surface area (Å²) in [6, 6.07) is 7.33. The normalized spacial score (nSPS) is 12.0. The van der Waals surface area contributed by atoms with Gasteiger partial charge >= 0.3 is 0 Å². The number of benzene rings is 1. The highest BCUT2D eigenvalue weighted by molar-refractivity contribution is 5.50. The Kier molecular flexibility index (Phi) is 3.94. The van der Waals surface area contributed by atoms with Gasteiger partial charge in [0.1, 0.15) is 5.82 Å². The molecule has 100 valence electrons. The second-order valence-corrected chi connectivity index (χ2v) is 4.12. The lowest BCUT2D eigenvalue weighted by atomic mass is 10.2. The van der Waals surface area contributed by atoms with E-state index in [1.165, 1.54) is 25.4 Å². The molecule has 1 unspecified atom stereocenters. The van der Waals surface area contributed by atoms with Crippen LogP contribution < -0.4 is 10.1 Å². The van der Waals surface area contributed by atoms with Crippen molar-refractivity contribution in [2.75, 3.05) is 12.4 Å². The van der Waals surface area contributed by atoms with Gasteiger partial charge in [0.05, 0.1) is 25.0 Å². The van der Waals surface area contributed by atoms with Crippen molar-refractivity contribution in [3.05, 3.63) is 53.9 Å². The molecule has 5 heteroatoms. The van der Waals surface area contributed by atoms with Gasteiger partial charge in [-0.1, -0.05) is 0 Å². The zero-order chi connectivity index (χ0) is 13.8. The highest BCUT2D eigenvalue weighted by atomic mass is 19.1. The molecule has 2 rings (SSSR count). The Bertz CT molecular complexity index is 558. The zero-order valence-corrected chi connectivity index (χ0v) is 10.7. The van der Waals surface area contributed by atoms with Gasteiger partial charge in [-0.3, -0.25) is 4.98 Å². The van der Waals surface area contributed by atoms with E-state index in [9.17, 15) is 8.78 Å². The van der Waals surface area contributed by atoms with Crippen molar-refractivity contribution in [2.24, 2.45) is 0 Å². The number of nitrogens with one attached hydrogen (secondary N) is 1. The quantitative estimate of drug-likeness (QED) is 0.917. The summed E-state index contributed by atoms with van der Waals surface area (Å²) in [6.45, 7) is 1.88. The molecule has 1 aromatic carbocycles. The van der Waals surface area contributed by atoms with Crippen LogP contribution in [0.4, 0.5) is 14.5 Å². The van der Waals surface area contributed by atoms with Crippen LogP contribution in [0.1, 0.15) is 18.7 Å². The summed E-state index contributed by atoms with van der Waals surface area (Å²) in [5.74, 6) is -0.621. The maximum Gasteiger partial charge on any atom is 0.165 e. The predicted octanol–water partition coefficient (Wildman–Crippen LogP) is 3.54. The topological polar surface area (TPSA) is 34.1 Å². The zero-order valence-electron chi connectivity index (χ0n) is 10.7. The van der Waals surface area contributed by atoms with Crippen LogP contribution in [0.15, 0.2) is 36.5 Å². The number of ether oxygens (including phenoxy) is 1. The molecular formula is C14H14F2N2O. The van der Waals surface area contributed by atoms with Crippen LogP contribution in [-0.2, 0) is 0 Å². The van der Waals surface area contributed by atoms with E-state index in [0.29, 0.717) is 11.4 Å². The van der Waals surface area contributed by atoms with Crippen molar-refractivity contribution >= 4 is 5.69 Å². The van der Waals surface area contributed by atoms with E-state index < -0.39 is 5.82 Å². The predicted molar refractivity (Wildman–Crippen MR) is 69.2 cm³/mol. The minimum Gasteiger partial charge on any atom is -0.494 e. The van der Waals surface area contributed by atoms with Gasteiger partial charge in [0.2, 0.25) is 0 Å². The molecule has 0 saturated carbocycles. The lowest BCUT2D eigenvalue weighted by Gasteiger charge is -2.15. The van der Waals surface area contributed by atoms with Crippen LogP contribution >= 0.6 is 0 Å². The number of halogens is 2. The first-order valence-electron chi connectivity index (χ1n) is 5.81. The van der Waals surface area contributed by atoms with Gasteiger partial charge in [-0.25, -0.2) is 8.78 Å². The van der Waals surface area contributed by atoms with Crippen LogP contribution in [0, 0.1) is 11.6 Å². The highest BCUT2D eigenvalue weighted by Crippen LogP contribution is 2.24. The summed E-state index contributed by atoms with van der Waals surface area (Å²) < 4.78 is 31.0. The van der Waals surface area contributed by atoms with E-state index in [0.717, 1.165) is 0 Å². The lowest BCUT2D eigenvalue weighted by Crippen LogP contribution is -2.08. The summed E-state index contributed by atoms with van der Waals surface area (Å²) in [6.07, 6.45) is 1.17. The van der Waals surface area contributed by atoms with Gasteiger partial charge in [0.25, 0.3) is 0 Å². The standard InChI is InChI=1S/C14H14F2N2O/c1-9(13-6-3-10(15)8-17-13)18-11-4-5-12(16)14(7-11)19-2/h3-9,18H,1-2H3. The fraction of sp³-hybridized carbons (Fsp3) is 0.214. The van der Waals surface area contributed by atoms with Gasteiger partial charge in [-0.05, 0) is 31.2 Å². The molecular weight excluding hydrogens is 250 g/mol. The van der Waals surface area contributed by atoms with Gasteiger partial charge in [0, 0.05) is 11.8 Å². The Hall–Kier alpha value is -2.17.